The maximum absolute atomic E-state index is 5.60. The molecule has 0 aliphatic heterocycles. The van der Waals surface area contributed by atoms with E-state index in [0.717, 1.165) is 19.4 Å². The van der Waals surface area contributed by atoms with Gasteiger partial charge in [0.05, 0.1) is 0 Å². The van der Waals surface area contributed by atoms with Crippen molar-refractivity contribution in [1.82, 2.24) is 0 Å². The zero-order chi connectivity index (χ0) is 8.53. The fourth-order valence-corrected chi connectivity index (χ4v) is 2.54. The van der Waals surface area contributed by atoms with Crippen LogP contribution in [0.4, 0.5) is 0 Å². The minimum atomic E-state index is -0.907. The second-order valence-electron chi connectivity index (χ2n) is 2.09. The lowest BCUT2D eigenvalue weighted by atomic mass is 10.3. The van der Waals surface area contributed by atoms with E-state index < -0.39 is 9.04 Å². The van der Waals surface area contributed by atoms with Crippen molar-refractivity contribution in [2.45, 2.75) is 12.8 Å². The largest absolute Gasteiger partial charge is 0.414 e. The normalized spacial score (nSPS) is 10.5. The van der Waals surface area contributed by atoms with Crippen LogP contribution in [0.15, 0.2) is 12.7 Å². The topological polar surface area (TPSA) is 9.23 Å². The monoisotopic (exact) mass is 211 g/mol. The first-order valence-electron chi connectivity index (χ1n) is 3.55. The molecular weight excluding hydrogens is 199 g/mol. The molecule has 0 aliphatic carbocycles. The predicted octanol–water partition coefficient (Wildman–Crippen LogP) is 2.52. The maximum atomic E-state index is 5.60. The van der Waals surface area contributed by atoms with Crippen LogP contribution >= 0.6 is 23.2 Å². The molecule has 0 heterocycles. The quantitative estimate of drug-likeness (QED) is 0.273. The average molecular weight is 212 g/mol. The lowest BCUT2D eigenvalue weighted by Crippen LogP contribution is -2.23. The molecule has 1 nitrogen and oxygen atoms in total. The molecule has 0 atom stereocenters. The van der Waals surface area contributed by atoms with E-state index in [1.807, 2.05) is 6.08 Å². The van der Waals surface area contributed by atoms with Crippen molar-refractivity contribution in [3.05, 3.63) is 12.7 Å². The third kappa shape index (κ3) is 6.88. The van der Waals surface area contributed by atoms with E-state index in [0.29, 0.717) is 11.0 Å². The standard InChI is InChI=1S/C7H13Cl2OSi/c1-2-3-4-5-10-11(6-8)7-9/h2H,1,3-7H2. The number of halogens is 2. The highest BCUT2D eigenvalue weighted by molar-refractivity contribution is 6.68. The van der Waals surface area contributed by atoms with Gasteiger partial charge in [-0.05, 0) is 12.8 Å². The molecule has 0 aromatic heterocycles. The number of alkyl halides is 2. The highest BCUT2D eigenvalue weighted by Crippen LogP contribution is 1.97. The lowest BCUT2D eigenvalue weighted by Gasteiger charge is -2.07. The summed E-state index contributed by atoms with van der Waals surface area (Å²) in [5.41, 5.74) is 1.14. The molecule has 65 valence electrons. The molecule has 4 heteroatoms. The fourth-order valence-electron chi connectivity index (χ4n) is 0.557. The Labute approximate surface area is 80.1 Å². The third-order valence-electron chi connectivity index (χ3n) is 1.16. The first kappa shape index (κ1) is 11.5. The number of hydrogen-bond donors (Lipinski definition) is 0. The van der Waals surface area contributed by atoms with Crippen LogP contribution in [0.25, 0.3) is 0 Å². The predicted molar refractivity (Wildman–Crippen MR) is 52.6 cm³/mol. The molecule has 0 rings (SSSR count). The molecule has 0 saturated heterocycles. The van der Waals surface area contributed by atoms with Gasteiger partial charge in [0, 0.05) is 17.6 Å². The Kier molecular flexibility index (Phi) is 8.98. The maximum Gasteiger partial charge on any atom is 0.242 e. The Bertz CT molecular complexity index is 96.4. The lowest BCUT2D eigenvalue weighted by molar-refractivity contribution is 0.319. The van der Waals surface area contributed by atoms with Crippen molar-refractivity contribution < 1.29 is 4.43 Å². The molecule has 1 radical (unpaired) electrons. The van der Waals surface area contributed by atoms with Crippen LogP contribution in [0.1, 0.15) is 12.8 Å². The zero-order valence-electron chi connectivity index (χ0n) is 6.48. The van der Waals surface area contributed by atoms with Crippen LogP contribution in [-0.4, -0.2) is 26.7 Å². The number of hydrogen-bond acceptors (Lipinski definition) is 1. The summed E-state index contributed by atoms with van der Waals surface area (Å²) in [7, 11) is -0.907. The van der Waals surface area contributed by atoms with Gasteiger partial charge in [-0.25, -0.2) is 0 Å². The Morgan fingerprint density at radius 2 is 2.00 bits per heavy atom. The summed E-state index contributed by atoms with van der Waals surface area (Å²) < 4.78 is 5.43. The van der Waals surface area contributed by atoms with E-state index in [-0.39, 0.29) is 0 Å². The molecule has 0 spiro atoms. The van der Waals surface area contributed by atoms with E-state index in [9.17, 15) is 0 Å². The molecular formula is C7H13Cl2OSi. The van der Waals surface area contributed by atoms with Gasteiger partial charge in [0.25, 0.3) is 0 Å². The van der Waals surface area contributed by atoms with Crippen molar-refractivity contribution in [3.8, 4) is 0 Å². The average Bonchev–Trinajstić information content (AvgIpc) is 2.05. The van der Waals surface area contributed by atoms with Crippen LogP contribution < -0.4 is 0 Å². The first-order valence-corrected chi connectivity index (χ1v) is 6.44. The zero-order valence-corrected chi connectivity index (χ0v) is 9.00. The van der Waals surface area contributed by atoms with Crippen LogP contribution in [0.2, 0.25) is 0 Å². The van der Waals surface area contributed by atoms with Crippen LogP contribution in [-0.2, 0) is 4.43 Å². The van der Waals surface area contributed by atoms with Gasteiger partial charge in [0.1, 0.15) is 0 Å². The number of unbranched alkanes of at least 4 members (excludes halogenated alkanes) is 1. The van der Waals surface area contributed by atoms with Gasteiger partial charge in [0.2, 0.25) is 9.04 Å². The first-order chi connectivity index (χ1) is 5.35. The van der Waals surface area contributed by atoms with Crippen molar-refractivity contribution >= 4 is 32.2 Å². The van der Waals surface area contributed by atoms with Crippen LogP contribution in [0.3, 0.4) is 0 Å². The van der Waals surface area contributed by atoms with Gasteiger partial charge in [-0.2, -0.15) is 0 Å². The minimum Gasteiger partial charge on any atom is -0.414 e. The summed E-state index contributed by atoms with van der Waals surface area (Å²) >= 11 is 11.2. The molecule has 0 aromatic carbocycles. The van der Waals surface area contributed by atoms with Crippen molar-refractivity contribution in [3.63, 3.8) is 0 Å². The summed E-state index contributed by atoms with van der Waals surface area (Å²) in [6, 6.07) is 0. The van der Waals surface area contributed by atoms with Crippen LogP contribution in [0.5, 0.6) is 0 Å². The van der Waals surface area contributed by atoms with Gasteiger partial charge in [-0.15, -0.1) is 29.8 Å². The summed E-state index contributed by atoms with van der Waals surface area (Å²) in [4.78, 5) is 0. The Hall–Kier alpha value is 0.497. The van der Waals surface area contributed by atoms with E-state index in [1.54, 1.807) is 0 Å². The minimum absolute atomic E-state index is 0.572. The molecule has 0 N–H and O–H groups in total. The van der Waals surface area contributed by atoms with Gasteiger partial charge in [-0.1, -0.05) is 6.08 Å². The van der Waals surface area contributed by atoms with Crippen molar-refractivity contribution in [2.24, 2.45) is 0 Å². The smallest absolute Gasteiger partial charge is 0.242 e. The molecule has 0 aliphatic rings. The Balaban J connectivity index is 3.13. The summed E-state index contributed by atoms with van der Waals surface area (Å²) in [6.07, 6.45) is 3.91. The Morgan fingerprint density at radius 1 is 1.36 bits per heavy atom. The van der Waals surface area contributed by atoms with Gasteiger partial charge in [-0.3, -0.25) is 0 Å². The molecule has 0 bridgehead atoms. The Morgan fingerprint density at radius 3 is 2.45 bits per heavy atom. The fraction of sp³-hybridized carbons (Fsp3) is 0.714. The second kappa shape index (κ2) is 8.59. The molecule has 11 heavy (non-hydrogen) atoms. The second-order valence-corrected chi connectivity index (χ2v) is 5.59. The van der Waals surface area contributed by atoms with E-state index in [1.165, 1.54) is 0 Å². The van der Waals surface area contributed by atoms with Crippen molar-refractivity contribution in [1.29, 1.82) is 0 Å². The summed E-state index contributed by atoms with van der Waals surface area (Å²) in [5.74, 6) is 0. The third-order valence-corrected chi connectivity index (χ3v) is 4.15. The molecule has 0 fully saturated rings. The molecule has 0 unspecified atom stereocenters. The van der Waals surface area contributed by atoms with Gasteiger partial charge >= 0.3 is 0 Å². The van der Waals surface area contributed by atoms with E-state index >= 15 is 0 Å². The molecule has 0 aromatic rings. The van der Waals surface area contributed by atoms with Crippen molar-refractivity contribution in [2.75, 3.05) is 17.6 Å². The highest BCUT2D eigenvalue weighted by atomic mass is 35.5. The van der Waals surface area contributed by atoms with Crippen LogP contribution in [0, 0.1) is 0 Å². The SMILES string of the molecule is C=CCCCO[Si](CCl)CCl. The van der Waals surface area contributed by atoms with E-state index in [4.69, 9.17) is 27.6 Å². The summed E-state index contributed by atoms with van der Waals surface area (Å²) in [6.45, 7) is 4.38. The number of rotatable bonds is 7. The highest BCUT2D eigenvalue weighted by Gasteiger charge is 2.08. The van der Waals surface area contributed by atoms with Gasteiger partial charge in [0.15, 0.2) is 0 Å². The number of allylic oxidation sites excluding steroid dienone is 1. The van der Waals surface area contributed by atoms with Gasteiger partial charge < -0.3 is 4.43 Å². The van der Waals surface area contributed by atoms with E-state index in [2.05, 4.69) is 6.58 Å². The molecule has 0 amide bonds. The summed E-state index contributed by atoms with van der Waals surface area (Å²) in [5, 5.41) is 0. The molecule has 0 saturated carbocycles.